The van der Waals surface area contributed by atoms with E-state index in [0.717, 1.165) is 76.2 Å². The Kier molecular flexibility index (Phi) is 6.22. The molecule has 6 heteroatoms. The van der Waals surface area contributed by atoms with Crippen LogP contribution < -0.4 is 9.64 Å². The summed E-state index contributed by atoms with van der Waals surface area (Å²) in [5.74, 6) is 1.58. The summed E-state index contributed by atoms with van der Waals surface area (Å²) in [6, 6.07) is 14.1. The molecule has 0 unspecified atom stereocenters. The first kappa shape index (κ1) is 20.0. The van der Waals surface area contributed by atoms with Crippen LogP contribution in [0.2, 0.25) is 5.02 Å². The van der Waals surface area contributed by atoms with Crippen LogP contribution in [0.3, 0.4) is 0 Å². The van der Waals surface area contributed by atoms with E-state index < -0.39 is 0 Å². The molecule has 150 valence electrons. The number of aromatic nitrogens is 1. The summed E-state index contributed by atoms with van der Waals surface area (Å²) >= 11 is 7.82. The Morgan fingerprint density at radius 1 is 1.24 bits per heavy atom. The molecule has 0 amide bonds. The number of piperidine rings is 1. The number of benzene rings is 2. The van der Waals surface area contributed by atoms with Gasteiger partial charge in [0.25, 0.3) is 0 Å². The fourth-order valence-corrected chi connectivity index (χ4v) is 5.06. The summed E-state index contributed by atoms with van der Waals surface area (Å²) in [5, 5.41) is 10.7. The number of aryl methyl sites for hydroxylation is 1. The largest absolute Gasteiger partial charge is 0.493 e. The van der Waals surface area contributed by atoms with Gasteiger partial charge in [-0.3, -0.25) is 0 Å². The van der Waals surface area contributed by atoms with E-state index in [1.807, 2.05) is 36.4 Å². The number of fused-ring (bicyclic) bond motifs is 1. The molecule has 4 nitrogen and oxygen atoms in total. The van der Waals surface area contributed by atoms with Gasteiger partial charge in [-0.05, 0) is 67.5 Å². The number of anilines is 1. The second-order valence-corrected chi connectivity index (χ2v) is 9.06. The Balaban J connectivity index is 1.28. The molecule has 3 aromatic rings. The summed E-state index contributed by atoms with van der Waals surface area (Å²) in [5.41, 5.74) is 3.16. The van der Waals surface area contributed by atoms with E-state index in [0.29, 0.717) is 12.3 Å². The second kappa shape index (κ2) is 9.02. The van der Waals surface area contributed by atoms with Gasteiger partial charge in [-0.2, -0.15) is 5.26 Å². The van der Waals surface area contributed by atoms with Gasteiger partial charge in [0.1, 0.15) is 5.75 Å². The zero-order valence-corrected chi connectivity index (χ0v) is 18.1. The summed E-state index contributed by atoms with van der Waals surface area (Å²) in [6.45, 7) is 4.85. The molecule has 1 saturated heterocycles. The molecule has 1 aliphatic rings. The molecule has 2 aromatic carbocycles. The molecular weight excluding hydrogens is 402 g/mol. The first-order valence-electron chi connectivity index (χ1n) is 10.0. The zero-order valence-electron chi connectivity index (χ0n) is 16.5. The fourth-order valence-electron chi connectivity index (χ4n) is 3.77. The van der Waals surface area contributed by atoms with Crippen LogP contribution in [0.25, 0.3) is 10.2 Å². The molecule has 4 rings (SSSR count). The number of hydrogen-bond donors (Lipinski definition) is 0. The number of thiazole rings is 1. The van der Waals surface area contributed by atoms with Crippen LogP contribution in [0.5, 0.6) is 5.75 Å². The van der Waals surface area contributed by atoms with Crippen molar-refractivity contribution >= 4 is 38.3 Å². The number of ether oxygens (including phenoxy) is 1. The molecule has 1 aromatic heterocycles. The molecule has 0 aliphatic carbocycles. The average Bonchev–Trinajstić information content (AvgIpc) is 3.14. The van der Waals surface area contributed by atoms with Crippen LogP contribution in [0.1, 0.15) is 30.4 Å². The van der Waals surface area contributed by atoms with Crippen molar-refractivity contribution in [3.8, 4) is 11.8 Å². The third kappa shape index (κ3) is 4.83. The molecule has 0 N–H and O–H groups in total. The Morgan fingerprint density at radius 2 is 2.07 bits per heavy atom. The van der Waals surface area contributed by atoms with Gasteiger partial charge in [-0.25, -0.2) is 4.98 Å². The molecule has 1 aliphatic heterocycles. The Hall–Kier alpha value is -2.29. The van der Waals surface area contributed by atoms with Gasteiger partial charge in [0, 0.05) is 18.1 Å². The number of halogens is 1. The molecule has 0 atom stereocenters. The van der Waals surface area contributed by atoms with Crippen LogP contribution in [-0.2, 0) is 6.42 Å². The van der Waals surface area contributed by atoms with Gasteiger partial charge in [-0.15, -0.1) is 0 Å². The van der Waals surface area contributed by atoms with E-state index in [4.69, 9.17) is 26.6 Å². The fraction of sp³-hybridized carbons (Fsp3) is 0.391. The maximum atomic E-state index is 8.88. The van der Waals surface area contributed by atoms with Gasteiger partial charge >= 0.3 is 0 Å². The van der Waals surface area contributed by atoms with Gasteiger partial charge in [0.15, 0.2) is 5.13 Å². The minimum atomic E-state index is 0.424. The lowest BCUT2D eigenvalue weighted by Crippen LogP contribution is -2.34. The van der Waals surface area contributed by atoms with E-state index >= 15 is 0 Å². The third-order valence-corrected chi connectivity index (χ3v) is 6.86. The zero-order chi connectivity index (χ0) is 20.2. The minimum absolute atomic E-state index is 0.424. The van der Waals surface area contributed by atoms with E-state index in [2.05, 4.69) is 17.9 Å². The summed E-state index contributed by atoms with van der Waals surface area (Å²) in [4.78, 5) is 7.17. The maximum absolute atomic E-state index is 8.88. The average molecular weight is 426 g/mol. The van der Waals surface area contributed by atoms with Crippen LogP contribution in [0.15, 0.2) is 36.4 Å². The Labute approximate surface area is 180 Å². The van der Waals surface area contributed by atoms with E-state index in [1.54, 1.807) is 11.3 Å². The maximum Gasteiger partial charge on any atom is 0.186 e. The van der Waals surface area contributed by atoms with Gasteiger partial charge in [0.05, 0.1) is 29.3 Å². The highest BCUT2D eigenvalue weighted by molar-refractivity contribution is 7.22. The molecule has 0 saturated carbocycles. The number of nitriles is 1. The highest BCUT2D eigenvalue weighted by Crippen LogP contribution is 2.33. The van der Waals surface area contributed by atoms with E-state index in [9.17, 15) is 0 Å². The Morgan fingerprint density at radius 3 is 2.86 bits per heavy atom. The monoisotopic (exact) mass is 425 g/mol. The SMILES string of the molecule is Cc1ccc(CC#N)cc1OCCC1CCN(c2nc3ccc(Cl)cc3s2)CC1. The predicted octanol–water partition coefficient (Wildman–Crippen LogP) is 6.01. The molecule has 0 bridgehead atoms. The van der Waals surface area contributed by atoms with Crippen LogP contribution in [0, 0.1) is 24.2 Å². The van der Waals surface area contributed by atoms with Crippen LogP contribution in [0.4, 0.5) is 5.13 Å². The number of hydrogen-bond acceptors (Lipinski definition) is 5. The molecule has 2 heterocycles. The molecule has 0 spiro atoms. The quantitative estimate of drug-likeness (QED) is 0.485. The lowest BCUT2D eigenvalue weighted by molar-refractivity contribution is 0.257. The molecule has 0 radical (unpaired) electrons. The summed E-state index contributed by atoms with van der Waals surface area (Å²) in [6.07, 6.45) is 3.80. The summed E-state index contributed by atoms with van der Waals surface area (Å²) < 4.78 is 7.19. The normalized spacial score (nSPS) is 14.9. The van der Waals surface area contributed by atoms with Gasteiger partial charge in [-0.1, -0.05) is 35.1 Å². The topological polar surface area (TPSA) is 49.1 Å². The highest BCUT2D eigenvalue weighted by atomic mass is 35.5. The van der Waals surface area contributed by atoms with Crippen molar-refractivity contribution in [2.75, 3.05) is 24.6 Å². The predicted molar refractivity (Wildman–Crippen MR) is 120 cm³/mol. The van der Waals surface area contributed by atoms with Crippen molar-refractivity contribution in [2.24, 2.45) is 5.92 Å². The third-order valence-electron chi connectivity index (χ3n) is 5.54. The Bertz CT molecular complexity index is 1030. The standard InChI is InChI=1S/C23H24ClN3OS/c1-16-2-3-18(6-10-25)14-21(16)28-13-9-17-7-11-27(12-8-17)23-26-20-5-4-19(24)15-22(20)29-23/h2-5,14-15,17H,6-9,11-13H2,1H3. The molecule has 29 heavy (non-hydrogen) atoms. The molecule has 1 fully saturated rings. The van der Waals surface area contributed by atoms with Crippen molar-refractivity contribution in [2.45, 2.75) is 32.6 Å². The van der Waals surface area contributed by atoms with Gasteiger partial charge in [0.2, 0.25) is 0 Å². The lowest BCUT2D eigenvalue weighted by atomic mass is 9.94. The second-order valence-electron chi connectivity index (χ2n) is 7.61. The van der Waals surface area contributed by atoms with Crippen molar-refractivity contribution < 1.29 is 4.74 Å². The van der Waals surface area contributed by atoms with Crippen molar-refractivity contribution in [1.82, 2.24) is 4.98 Å². The molecular formula is C23H24ClN3OS. The first-order chi connectivity index (χ1) is 14.1. The summed E-state index contributed by atoms with van der Waals surface area (Å²) in [7, 11) is 0. The van der Waals surface area contributed by atoms with Crippen molar-refractivity contribution in [1.29, 1.82) is 5.26 Å². The minimum Gasteiger partial charge on any atom is -0.493 e. The van der Waals surface area contributed by atoms with E-state index in [-0.39, 0.29) is 0 Å². The first-order valence-corrected chi connectivity index (χ1v) is 11.2. The smallest absolute Gasteiger partial charge is 0.186 e. The van der Waals surface area contributed by atoms with Gasteiger partial charge < -0.3 is 9.64 Å². The highest BCUT2D eigenvalue weighted by Gasteiger charge is 2.21. The van der Waals surface area contributed by atoms with Crippen molar-refractivity contribution in [3.05, 3.63) is 52.5 Å². The van der Waals surface area contributed by atoms with E-state index in [1.165, 1.54) is 0 Å². The number of nitrogens with zero attached hydrogens (tertiary/aromatic N) is 3. The van der Waals surface area contributed by atoms with Crippen molar-refractivity contribution in [3.63, 3.8) is 0 Å². The number of rotatable bonds is 6. The van der Waals surface area contributed by atoms with Crippen LogP contribution in [-0.4, -0.2) is 24.7 Å². The van der Waals surface area contributed by atoms with Crippen LogP contribution >= 0.6 is 22.9 Å². The lowest BCUT2D eigenvalue weighted by Gasteiger charge is -2.31.